The van der Waals surface area contributed by atoms with Gasteiger partial charge in [-0.3, -0.25) is 19.1 Å². The molecule has 0 aliphatic carbocycles. The first-order chi connectivity index (χ1) is 15.3. The molecule has 3 aliphatic heterocycles. The normalized spacial score (nSPS) is 28.4. The van der Waals surface area contributed by atoms with Crippen LogP contribution in [0.2, 0.25) is 0 Å². The Morgan fingerprint density at radius 1 is 1.06 bits per heavy atom. The van der Waals surface area contributed by atoms with Gasteiger partial charge in [-0.15, -0.1) is 5.06 Å². The summed E-state index contributed by atoms with van der Waals surface area (Å²) >= 11 is 0. The third-order valence-electron chi connectivity index (χ3n) is 6.91. The van der Waals surface area contributed by atoms with Crippen LogP contribution in [-0.4, -0.2) is 43.4 Å². The molecule has 0 bridgehead atoms. The topological polar surface area (TPSA) is 105 Å². The second-order valence-corrected chi connectivity index (χ2v) is 8.97. The Hall–Kier alpha value is -3.56. The summed E-state index contributed by atoms with van der Waals surface area (Å²) < 4.78 is 7.26. The van der Waals surface area contributed by atoms with E-state index < -0.39 is 29.3 Å². The second-order valence-electron chi connectivity index (χ2n) is 8.97. The molecule has 32 heavy (non-hydrogen) atoms. The van der Waals surface area contributed by atoms with Crippen LogP contribution in [0.5, 0.6) is 0 Å². The molecule has 1 amide bonds. The monoisotopic (exact) mass is 432 g/mol. The number of rotatable bonds is 1. The first-order valence-electron chi connectivity index (χ1n) is 10.4. The lowest BCUT2D eigenvalue weighted by Crippen LogP contribution is -2.52. The summed E-state index contributed by atoms with van der Waals surface area (Å²) in [6, 6.07) is 13.1. The van der Waals surface area contributed by atoms with Gasteiger partial charge in [0.05, 0.1) is 22.9 Å². The van der Waals surface area contributed by atoms with Gasteiger partial charge in [0.2, 0.25) is 0 Å². The number of hydrogen-bond donors (Lipinski definition) is 1. The Labute approximate surface area is 182 Å². The molecule has 0 saturated carbocycles. The molecule has 0 unspecified atom stereocenters. The van der Waals surface area contributed by atoms with Crippen molar-refractivity contribution in [2.75, 3.05) is 4.90 Å². The summed E-state index contributed by atoms with van der Waals surface area (Å²) in [6.07, 6.45) is 0.499. The lowest BCUT2D eigenvalue weighted by molar-refractivity contribution is -0.209. The van der Waals surface area contributed by atoms with Crippen molar-refractivity contribution in [1.29, 1.82) is 0 Å². The third-order valence-corrected chi connectivity index (χ3v) is 6.91. The molecule has 2 fully saturated rings. The predicted octanol–water partition coefficient (Wildman–Crippen LogP) is 1.94. The fourth-order valence-corrected chi connectivity index (χ4v) is 5.25. The molecule has 3 aromatic rings. The van der Waals surface area contributed by atoms with Gasteiger partial charge in [-0.1, -0.05) is 30.3 Å². The van der Waals surface area contributed by atoms with Crippen molar-refractivity contribution < 1.29 is 19.5 Å². The second kappa shape index (κ2) is 6.02. The highest BCUT2D eigenvalue weighted by Crippen LogP contribution is 2.58. The van der Waals surface area contributed by atoms with Crippen LogP contribution < -0.4 is 10.5 Å². The summed E-state index contributed by atoms with van der Waals surface area (Å²) in [4.78, 5) is 45.3. The molecule has 2 saturated heterocycles. The summed E-state index contributed by atoms with van der Waals surface area (Å²) in [6.45, 7) is 3.24. The summed E-state index contributed by atoms with van der Waals surface area (Å²) in [5.41, 5.74) is -1.10. The van der Waals surface area contributed by atoms with Crippen molar-refractivity contribution in [3.05, 3.63) is 70.8 Å². The van der Waals surface area contributed by atoms with E-state index in [1.165, 1.54) is 15.8 Å². The Bertz CT molecular complexity index is 1380. The van der Waals surface area contributed by atoms with Gasteiger partial charge in [-0.05, 0) is 32.0 Å². The maximum atomic E-state index is 13.2. The van der Waals surface area contributed by atoms with Gasteiger partial charge < -0.3 is 9.94 Å². The minimum Gasteiger partial charge on any atom is -0.449 e. The average molecular weight is 432 g/mol. The molecule has 1 N–H and O–H groups in total. The molecule has 1 aromatic heterocycles. The Balaban J connectivity index is 1.52. The van der Waals surface area contributed by atoms with E-state index in [9.17, 15) is 19.6 Å². The zero-order valence-electron chi connectivity index (χ0n) is 17.4. The maximum Gasteiger partial charge on any atom is 0.330 e. The number of hydrogen-bond acceptors (Lipinski definition) is 7. The zero-order chi connectivity index (χ0) is 22.4. The van der Waals surface area contributed by atoms with E-state index >= 15 is 0 Å². The lowest BCUT2D eigenvalue weighted by Gasteiger charge is -2.35. The number of fused-ring (bicyclic) bond motifs is 6. The van der Waals surface area contributed by atoms with Crippen molar-refractivity contribution in [2.24, 2.45) is 0 Å². The van der Waals surface area contributed by atoms with Gasteiger partial charge in [0.1, 0.15) is 11.6 Å². The van der Waals surface area contributed by atoms with E-state index in [1.54, 1.807) is 62.4 Å². The fraction of sp³-hybridized carbons (Fsp3) is 0.304. The third kappa shape index (κ3) is 2.14. The number of amides is 1. The molecule has 3 atom stereocenters. The minimum absolute atomic E-state index is 0.0738. The van der Waals surface area contributed by atoms with Gasteiger partial charge in [0.15, 0.2) is 11.8 Å². The van der Waals surface area contributed by atoms with Gasteiger partial charge in [-0.2, -0.15) is 0 Å². The highest BCUT2D eigenvalue weighted by atomic mass is 16.6. The van der Waals surface area contributed by atoms with Crippen LogP contribution in [0.4, 0.5) is 5.69 Å². The molecule has 6 rings (SSSR count). The van der Waals surface area contributed by atoms with Crippen LogP contribution in [0.1, 0.15) is 31.9 Å². The largest absolute Gasteiger partial charge is 0.449 e. The molecule has 1 spiro atoms. The number of ether oxygens (including phenoxy) is 1. The van der Waals surface area contributed by atoms with E-state index in [0.29, 0.717) is 22.2 Å². The zero-order valence-corrected chi connectivity index (χ0v) is 17.4. The number of para-hydroxylation sites is 2. The van der Waals surface area contributed by atoms with Crippen molar-refractivity contribution in [2.45, 2.75) is 43.6 Å². The molecule has 3 aliphatic rings. The summed E-state index contributed by atoms with van der Waals surface area (Å²) in [5, 5.41) is 12.4. The van der Waals surface area contributed by atoms with Crippen LogP contribution in [0.3, 0.4) is 0 Å². The number of carbonyl (C=O) groups is 2. The SMILES string of the molecule is CC1(C)C(=O)N2c3ccccc3[C@]3(C[C@H](n4cnc5ccccc5c4=O)C(=O)O3)[C@H]2N1O. The van der Waals surface area contributed by atoms with Crippen molar-refractivity contribution >= 4 is 28.5 Å². The summed E-state index contributed by atoms with van der Waals surface area (Å²) in [5.74, 6) is -0.898. The van der Waals surface area contributed by atoms with Gasteiger partial charge in [0.25, 0.3) is 11.5 Å². The highest BCUT2D eigenvalue weighted by Gasteiger charge is 2.70. The van der Waals surface area contributed by atoms with Crippen LogP contribution in [0, 0.1) is 0 Å². The van der Waals surface area contributed by atoms with Gasteiger partial charge in [0, 0.05) is 12.0 Å². The summed E-state index contributed by atoms with van der Waals surface area (Å²) in [7, 11) is 0. The van der Waals surface area contributed by atoms with E-state index in [-0.39, 0.29) is 17.9 Å². The fourth-order valence-electron chi connectivity index (χ4n) is 5.25. The highest BCUT2D eigenvalue weighted by molar-refractivity contribution is 6.05. The molecule has 162 valence electrons. The maximum absolute atomic E-state index is 13.2. The predicted molar refractivity (Wildman–Crippen MR) is 113 cm³/mol. The van der Waals surface area contributed by atoms with E-state index in [1.807, 2.05) is 0 Å². The minimum atomic E-state index is -1.32. The Morgan fingerprint density at radius 2 is 1.78 bits per heavy atom. The van der Waals surface area contributed by atoms with Crippen LogP contribution >= 0.6 is 0 Å². The van der Waals surface area contributed by atoms with E-state index in [2.05, 4.69) is 4.98 Å². The molecule has 4 heterocycles. The quantitative estimate of drug-likeness (QED) is 0.586. The molecule has 9 nitrogen and oxygen atoms in total. The van der Waals surface area contributed by atoms with E-state index in [0.717, 1.165) is 5.06 Å². The first-order valence-corrected chi connectivity index (χ1v) is 10.4. The Kier molecular flexibility index (Phi) is 3.60. The molecular weight excluding hydrogens is 412 g/mol. The van der Waals surface area contributed by atoms with Crippen molar-refractivity contribution in [3.8, 4) is 0 Å². The van der Waals surface area contributed by atoms with Crippen molar-refractivity contribution in [1.82, 2.24) is 14.6 Å². The first kappa shape index (κ1) is 19.1. The number of aromatic nitrogens is 2. The lowest BCUT2D eigenvalue weighted by atomic mass is 9.88. The molecule has 9 heteroatoms. The van der Waals surface area contributed by atoms with Gasteiger partial charge >= 0.3 is 5.97 Å². The number of anilines is 1. The standard InChI is InChI=1S/C23H20N4O5/c1-22(2)21(30)26-16-10-6-4-8-14(16)23(20(26)27(22)31)11-17(19(29)32-23)25-12-24-15-9-5-3-7-13(15)18(25)28/h3-10,12,17,20,31H,11H2,1-2H3/t17-,20+,23+/m0/s1. The average Bonchev–Trinajstić information content (AvgIpc) is 3.33. The van der Waals surface area contributed by atoms with Crippen molar-refractivity contribution in [3.63, 3.8) is 0 Å². The Morgan fingerprint density at radius 3 is 2.59 bits per heavy atom. The van der Waals surface area contributed by atoms with Gasteiger partial charge in [-0.25, -0.2) is 9.78 Å². The van der Waals surface area contributed by atoms with E-state index in [4.69, 9.17) is 4.74 Å². The number of hydroxylamine groups is 2. The molecular formula is C23H20N4O5. The molecule has 0 radical (unpaired) electrons. The number of benzene rings is 2. The van der Waals surface area contributed by atoms with Crippen LogP contribution in [0.25, 0.3) is 10.9 Å². The van der Waals surface area contributed by atoms with Crippen LogP contribution in [0.15, 0.2) is 59.7 Å². The smallest absolute Gasteiger partial charge is 0.330 e. The number of nitrogens with zero attached hydrogens (tertiary/aromatic N) is 4. The van der Waals surface area contributed by atoms with Crippen LogP contribution in [-0.2, 0) is 19.9 Å². The number of esters is 1. The number of carbonyl (C=O) groups excluding carboxylic acids is 2. The molecule has 2 aromatic carbocycles.